The van der Waals surface area contributed by atoms with E-state index < -0.39 is 163 Å². The Kier molecular flexibility index (Phi) is 14.1. The van der Waals surface area contributed by atoms with E-state index in [1.807, 2.05) is 6.92 Å². The summed E-state index contributed by atoms with van der Waals surface area (Å²) in [7, 11) is 0. The molecule has 0 radical (unpaired) electrons. The van der Waals surface area contributed by atoms with Gasteiger partial charge in [0.1, 0.15) is 73.4 Å². The Morgan fingerprint density at radius 2 is 1.26 bits per heavy atom. The zero-order chi connectivity index (χ0) is 50.0. The molecule has 3 saturated heterocycles. The first-order valence-electron chi connectivity index (χ1n) is 24.4. The number of fused-ring (bicyclic) bond motifs is 7. The Morgan fingerprint density at radius 3 is 1.90 bits per heavy atom. The minimum atomic E-state index is -1.85. The van der Waals surface area contributed by atoms with Gasteiger partial charge in [0.2, 0.25) is 6.29 Å². The van der Waals surface area contributed by atoms with Gasteiger partial charge < -0.3 is 94.5 Å². The summed E-state index contributed by atoms with van der Waals surface area (Å²) in [6.07, 6.45) is -21.9. The van der Waals surface area contributed by atoms with Crippen LogP contribution in [0.2, 0.25) is 0 Å². The van der Waals surface area contributed by atoms with Crippen LogP contribution in [-0.2, 0) is 38.0 Å². The Bertz CT molecular complexity index is 1900. The van der Waals surface area contributed by atoms with Crippen LogP contribution >= 0.6 is 0 Å². The van der Waals surface area contributed by atoms with Gasteiger partial charge in [-0.3, -0.25) is 4.79 Å². The molecular formula is C48H76O20. The van der Waals surface area contributed by atoms with E-state index in [1.54, 1.807) is 6.92 Å². The highest BCUT2D eigenvalue weighted by molar-refractivity contribution is 5.79. The fourth-order valence-electron chi connectivity index (χ4n) is 15.1. The molecule has 0 aromatic rings. The Morgan fingerprint density at radius 1 is 0.676 bits per heavy atom. The van der Waals surface area contributed by atoms with Crippen molar-refractivity contribution in [3.63, 3.8) is 0 Å². The van der Waals surface area contributed by atoms with Crippen LogP contribution in [0.4, 0.5) is 0 Å². The van der Waals surface area contributed by atoms with Crippen LogP contribution in [0, 0.1) is 50.2 Å². The minimum absolute atomic E-state index is 0.0348. The Labute approximate surface area is 396 Å². The van der Waals surface area contributed by atoms with Crippen LogP contribution in [0.1, 0.15) is 99.8 Å². The highest BCUT2D eigenvalue weighted by Gasteiger charge is 2.73. The molecule has 12 N–H and O–H groups in total. The second-order valence-electron chi connectivity index (χ2n) is 23.4. The molecule has 26 atom stereocenters. The zero-order valence-corrected chi connectivity index (χ0v) is 40.0. The van der Waals surface area contributed by atoms with Crippen molar-refractivity contribution in [2.75, 3.05) is 13.2 Å². The summed E-state index contributed by atoms with van der Waals surface area (Å²) in [5, 5.41) is 131. The number of carbonyl (C=O) groups is 2. The third-order valence-corrected chi connectivity index (χ3v) is 19.1. The summed E-state index contributed by atoms with van der Waals surface area (Å²) in [6, 6.07) is 0. The van der Waals surface area contributed by atoms with Gasteiger partial charge in [0.25, 0.3) is 0 Å². The first-order chi connectivity index (χ1) is 31.7. The normalized spacial score (nSPS) is 55.6. The molecule has 388 valence electrons. The Balaban J connectivity index is 1.10. The summed E-state index contributed by atoms with van der Waals surface area (Å²) in [6.45, 7) is 12.2. The number of hydrogen-bond acceptors (Lipinski definition) is 20. The van der Waals surface area contributed by atoms with Gasteiger partial charge >= 0.3 is 5.97 Å². The quantitative estimate of drug-likeness (QED) is 0.0530. The first kappa shape index (κ1) is 52.5. The van der Waals surface area contributed by atoms with Crippen LogP contribution in [0.15, 0.2) is 11.6 Å². The van der Waals surface area contributed by atoms with Crippen LogP contribution in [-0.4, -0.2) is 197 Å². The summed E-state index contributed by atoms with van der Waals surface area (Å²) < 4.78 is 35.5. The average molecular weight is 973 g/mol. The van der Waals surface area contributed by atoms with Crippen molar-refractivity contribution in [3.05, 3.63) is 11.6 Å². The maximum atomic E-state index is 14.7. The fraction of sp³-hybridized carbons (Fsp3) is 0.917. The maximum Gasteiger partial charge on any atom is 0.315 e. The third kappa shape index (κ3) is 7.90. The molecule has 4 saturated carbocycles. The van der Waals surface area contributed by atoms with Crippen molar-refractivity contribution < 1.29 is 99.3 Å². The van der Waals surface area contributed by atoms with E-state index in [0.29, 0.717) is 44.8 Å². The molecule has 3 heterocycles. The van der Waals surface area contributed by atoms with E-state index in [0.717, 1.165) is 5.57 Å². The lowest BCUT2D eigenvalue weighted by atomic mass is 9.33. The molecule has 8 aliphatic rings. The number of hydrogen-bond donors (Lipinski definition) is 12. The summed E-state index contributed by atoms with van der Waals surface area (Å²) in [5.74, 6) is -2.00. The molecule has 7 fully saturated rings. The molecule has 0 bridgehead atoms. The highest BCUT2D eigenvalue weighted by atomic mass is 16.8. The number of aliphatic hydroxyl groups is 12. The van der Waals surface area contributed by atoms with Crippen molar-refractivity contribution in [3.8, 4) is 0 Å². The van der Waals surface area contributed by atoms with Gasteiger partial charge in [-0.2, -0.15) is 0 Å². The number of esters is 1. The average Bonchev–Trinajstić information content (AvgIpc) is 3.28. The van der Waals surface area contributed by atoms with Crippen molar-refractivity contribution in [1.29, 1.82) is 0 Å². The first-order valence-corrected chi connectivity index (χ1v) is 24.4. The second kappa shape index (κ2) is 18.3. The van der Waals surface area contributed by atoms with Crippen molar-refractivity contribution >= 4 is 12.3 Å². The predicted octanol–water partition coefficient (Wildman–Crippen LogP) is -1.71. The van der Waals surface area contributed by atoms with Gasteiger partial charge in [-0.05, 0) is 98.7 Å². The summed E-state index contributed by atoms with van der Waals surface area (Å²) >= 11 is 0. The van der Waals surface area contributed by atoms with Crippen LogP contribution in [0.3, 0.4) is 0 Å². The molecule has 68 heavy (non-hydrogen) atoms. The zero-order valence-electron chi connectivity index (χ0n) is 40.0. The number of rotatable bonds is 9. The molecule has 0 spiro atoms. The van der Waals surface area contributed by atoms with E-state index in [1.165, 1.54) is 6.92 Å². The van der Waals surface area contributed by atoms with Gasteiger partial charge in [0, 0.05) is 5.92 Å². The van der Waals surface area contributed by atoms with Crippen molar-refractivity contribution in [1.82, 2.24) is 0 Å². The third-order valence-electron chi connectivity index (χ3n) is 19.1. The summed E-state index contributed by atoms with van der Waals surface area (Å²) in [5.41, 5.74) is -4.02. The molecule has 0 aromatic heterocycles. The highest BCUT2D eigenvalue weighted by Crippen LogP contribution is 2.76. The number of carbonyl (C=O) groups excluding carboxylic acids is 2. The number of ether oxygens (including phenoxy) is 6. The largest absolute Gasteiger partial charge is 0.432 e. The lowest BCUT2D eigenvalue weighted by Gasteiger charge is -2.72. The van der Waals surface area contributed by atoms with Crippen LogP contribution in [0.25, 0.3) is 0 Å². The van der Waals surface area contributed by atoms with E-state index in [9.17, 15) is 70.9 Å². The summed E-state index contributed by atoms with van der Waals surface area (Å²) in [4.78, 5) is 28.5. The molecule has 20 heteroatoms. The van der Waals surface area contributed by atoms with E-state index in [4.69, 9.17) is 28.4 Å². The monoisotopic (exact) mass is 972 g/mol. The predicted molar refractivity (Wildman–Crippen MR) is 232 cm³/mol. The molecule has 3 aliphatic heterocycles. The lowest BCUT2D eigenvalue weighted by molar-refractivity contribution is -0.381. The number of aldehydes is 1. The van der Waals surface area contributed by atoms with Gasteiger partial charge in [-0.15, -0.1) is 0 Å². The topological polar surface area (TPSA) is 332 Å². The molecule has 5 aliphatic carbocycles. The van der Waals surface area contributed by atoms with Crippen molar-refractivity contribution in [2.45, 2.75) is 210 Å². The van der Waals surface area contributed by atoms with Gasteiger partial charge in [-0.25, -0.2) is 0 Å². The number of aliphatic hydroxyl groups excluding tert-OH is 12. The number of allylic oxidation sites excluding steroid dienone is 2. The molecule has 0 aromatic carbocycles. The molecule has 0 unspecified atom stereocenters. The van der Waals surface area contributed by atoms with Gasteiger partial charge in [0.05, 0.1) is 48.5 Å². The Hall–Kier alpha value is -1.80. The molecule has 20 nitrogen and oxygen atoms in total. The minimum Gasteiger partial charge on any atom is -0.432 e. The second-order valence-corrected chi connectivity index (χ2v) is 23.4. The van der Waals surface area contributed by atoms with E-state index in [2.05, 4.69) is 33.8 Å². The molecule has 0 amide bonds. The molecular weight excluding hydrogens is 897 g/mol. The van der Waals surface area contributed by atoms with E-state index in [-0.39, 0.29) is 30.1 Å². The van der Waals surface area contributed by atoms with Crippen molar-refractivity contribution in [2.24, 2.45) is 50.2 Å². The fourth-order valence-corrected chi connectivity index (χ4v) is 15.1. The standard InChI is InChI=1S/C48H76O20/c1-20-28(54)31(57)34(60)39(63-20)66-36-33(59)30(56)26(18-50)65-41(36)67-38-24(53)15-44(4)27-9-8-21-22-14-43(2,3)10-12-48(22,42(62)68-40-35(61)32(58)29(55)25(17-49)64-40)13-11-46(21,6)47(27,7)16-23(52)37(44)45(38,5)19-51/h8,19-20,22-41,49-50,52-61H,9-18H2,1-7H3/t20-,22-,23-,24-,25+,26+,27+,28-,29+,30+,31+,32-,33-,34+,35+,36+,37+,38-,39-,40-,41-,44+,45-,46+,47+,48-/m0/s1. The molecule has 8 rings (SSSR count). The van der Waals surface area contributed by atoms with Gasteiger partial charge in [0.15, 0.2) is 12.6 Å². The SMILES string of the molecule is C[C@@H]1O[C@@H](O[C@H]2[C@H](O[C@H]3[C@@H](O)C[C@]4(C)[C@H]5CC=C6[C@@H]7CC(C)(C)CC[C@]7(C(=O)O[C@@H]7O[C@H](CO)[C@@H](O)[C@H](O)[C@H]7O)CC[C@@]6(C)[C@]5(C)C[C@H](O)[C@H]4[C@]3(C)C=O)O[C@H](CO)[C@@H](O)[C@@H]2O)[C@H](O)[C@H](O)[C@H]1O. The van der Waals surface area contributed by atoms with Crippen LogP contribution < -0.4 is 0 Å². The van der Waals surface area contributed by atoms with Crippen LogP contribution in [0.5, 0.6) is 0 Å². The maximum absolute atomic E-state index is 14.7. The smallest absolute Gasteiger partial charge is 0.315 e. The van der Waals surface area contributed by atoms with Gasteiger partial charge in [-0.1, -0.05) is 46.3 Å². The lowest BCUT2D eigenvalue weighted by Crippen LogP contribution is -2.72. The van der Waals surface area contributed by atoms with E-state index >= 15 is 0 Å².